The maximum Gasteiger partial charge on any atom is 0.243 e. The van der Waals surface area contributed by atoms with E-state index in [2.05, 4.69) is 22.2 Å². The summed E-state index contributed by atoms with van der Waals surface area (Å²) in [6.45, 7) is 4.47. The molecule has 2 aliphatic heterocycles. The zero-order valence-electron chi connectivity index (χ0n) is 18.2. The van der Waals surface area contributed by atoms with Gasteiger partial charge in [-0.05, 0) is 68.4 Å². The molecule has 9 heteroatoms. The summed E-state index contributed by atoms with van der Waals surface area (Å²) in [5.41, 5.74) is 1.83. The van der Waals surface area contributed by atoms with Gasteiger partial charge in [-0.15, -0.1) is 0 Å². The molecule has 4 rings (SSSR count). The average molecular weight is 461 g/mol. The number of sulfonamides is 1. The second-order valence-electron chi connectivity index (χ2n) is 8.48. The molecule has 0 saturated carbocycles. The van der Waals surface area contributed by atoms with Crippen molar-refractivity contribution in [3.63, 3.8) is 0 Å². The van der Waals surface area contributed by atoms with E-state index in [-0.39, 0.29) is 17.3 Å². The van der Waals surface area contributed by atoms with Crippen LogP contribution in [0.15, 0.2) is 53.4 Å². The third kappa shape index (κ3) is 5.11. The van der Waals surface area contributed by atoms with Gasteiger partial charge >= 0.3 is 0 Å². The smallest absolute Gasteiger partial charge is 0.243 e. The number of carbonyl (C=O) groups excluding carboxylic acids is 1. The summed E-state index contributed by atoms with van der Waals surface area (Å²) < 4.78 is 40.3. The first kappa shape index (κ1) is 22.7. The number of hydrogen-bond acceptors (Lipinski definition) is 5. The van der Waals surface area contributed by atoms with Crippen LogP contribution in [0.25, 0.3) is 0 Å². The van der Waals surface area contributed by atoms with Crippen molar-refractivity contribution in [3.05, 3.63) is 54.3 Å². The number of benzene rings is 2. The Kier molecular flexibility index (Phi) is 6.78. The van der Waals surface area contributed by atoms with Crippen LogP contribution in [0.4, 0.5) is 15.8 Å². The molecular formula is C23H29FN4O3S. The van der Waals surface area contributed by atoms with Crippen LogP contribution in [0.1, 0.15) is 12.8 Å². The number of piperidine rings is 1. The Hall–Kier alpha value is -2.49. The van der Waals surface area contributed by atoms with Crippen LogP contribution in [0.3, 0.4) is 0 Å². The Balaban J connectivity index is 1.37. The largest absolute Gasteiger partial charge is 0.369 e. The van der Waals surface area contributed by atoms with Crippen molar-refractivity contribution >= 4 is 27.3 Å². The fourth-order valence-corrected chi connectivity index (χ4v) is 5.72. The van der Waals surface area contributed by atoms with Gasteiger partial charge in [-0.3, -0.25) is 4.79 Å². The van der Waals surface area contributed by atoms with E-state index < -0.39 is 21.8 Å². The summed E-state index contributed by atoms with van der Waals surface area (Å²) in [6, 6.07) is 12.6. The number of amides is 1. The van der Waals surface area contributed by atoms with Crippen molar-refractivity contribution in [2.45, 2.75) is 17.7 Å². The molecule has 1 atom stereocenters. The van der Waals surface area contributed by atoms with E-state index in [1.807, 2.05) is 24.3 Å². The maximum atomic E-state index is 13.2. The normalized spacial score (nSPS) is 20.8. The Labute approximate surface area is 188 Å². The van der Waals surface area contributed by atoms with Crippen molar-refractivity contribution in [1.29, 1.82) is 0 Å². The fraction of sp³-hybridized carbons (Fsp3) is 0.435. The first-order valence-electron chi connectivity index (χ1n) is 10.9. The first-order valence-corrected chi connectivity index (χ1v) is 12.4. The molecule has 0 aromatic heterocycles. The molecule has 32 heavy (non-hydrogen) atoms. The molecule has 2 aromatic rings. The molecule has 1 N–H and O–H groups in total. The first-order chi connectivity index (χ1) is 15.3. The standard InChI is InChI=1S/C23H29FN4O3S/c1-26-13-15-27(16-14-26)21-8-6-20(7-9-21)25-23(29)18-3-2-12-28(17-18)32(30,31)22-10-4-19(24)5-11-22/h4-11,18H,2-3,12-17H2,1H3,(H,25,29)/t18-/m0/s1. The molecule has 0 radical (unpaired) electrons. The second kappa shape index (κ2) is 9.56. The van der Waals surface area contributed by atoms with E-state index in [1.54, 1.807) is 0 Å². The van der Waals surface area contributed by atoms with E-state index in [1.165, 1.54) is 16.4 Å². The van der Waals surface area contributed by atoms with Gasteiger partial charge in [0, 0.05) is 50.6 Å². The summed E-state index contributed by atoms with van der Waals surface area (Å²) in [5, 5.41) is 2.93. The lowest BCUT2D eigenvalue weighted by Crippen LogP contribution is -2.44. The SMILES string of the molecule is CN1CCN(c2ccc(NC(=O)[C@H]3CCCN(S(=O)(=O)c4ccc(F)cc4)C3)cc2)CC1. The Morgan fingerprint density at radius 1 is 0.969 bits per heavy atom. The van der Waals surface area contributed by atoms with Gasteiger partial charge in [-0.1, -0.05) is 0 Å². The third-order valence-electron chi connectivity index (χ3n) is 6.21. The molecule has 0 bridgehead atoms. The highest BCUT2D eigenvalue weighted by molar-refractivity contribution is 7.89. The molecular weight excluding hydrogens is 431 g/mol. The topological polar surface area (TPSA) is 73.0 Å². The molecule has 0 spiro atoms. The number of nitrogens with zero attached hydrogens (tertiary/aromatic N) is 3. The van der Waals surface area contributed by atoms with Crippen LogP contribution in [-0.4, -0.2) is 69.8 Å². The number of anilines is 2. The third-order valence-corrected chi connectivity index (χ3v) is 8.09. The molecule has 0 unspecified atom stereocenters. The highest BCUT2D eigenvalue weighted by atomic mass is 32.2. The van der Waals surface area contributed by atoms with Gasteiger partial charge < -0.3 is 15.1 Å². The van der Waals surface area contributed by atoms with Crippen molar-refractivity contribution < 1.29 is 17.6 Å². The zero-order valence-corrected chi connectivity index (χ0v) is 19.0. The molecule has 2 aromatic carbocycles. The molecule has 2 fully saturated rings. The molecule has 7 nitrogen and oxygen atoms in total. The van der Waals surface area contributed by atoms with Crippen LogP contribution in [0, 0.1) is 11.7 Å². The van der Waals surface area contributed by atoms with E-state index in [0.717, 1.165) is 44.0 Å². The molecule has 2 heterocycles. The summed E-state index contributed by atoms with van der Waals surface area (Å²) >= 11 is 0. The van der Waals surface area contributed by atoms with Crippen molar-refractivity contribution in [2.75, 3.05) is 56.5 Å². The van der Waals surface area contributed by atoms with Crippen LogP contribution < -0.4 is 10.2 Å². The van der Waals surface area contributed by atoms with Crippen LogP contribution in [0.2, 0.25) is 0 Å². The summed E-state index contributed by atoms with van der Waals surface area (Å²) in [4.78, 5) is 17.5. The van der Waals surface area contributed by atoms with Crippen LogP contribution in [0.5, 0.6) is 0 Å². The Morgan fingerprint density at radius 3 is 2.28 bits per heavy atom. The number of likely N-dealkylation sites (N-methyl/N-ethyl adjacent to an activating group) is 1. The average Bonchev–Trinajstić information content (AvgIpc) is 2.80. The van der Waals surface area contributed by atoms with Gasteiger partial charge in [0.15, 0.2) is 0 Å². The summed E-state index contributed by atoms with van der Waals surface area (Å²) in [7, 11) is -1.64. The predicted molar refractivity (Wildman–Crippen MR) is 123 cm³/mol. The van der Waals surface area contributed by atoms with Gasteiger partial charge in [0.1, 0.15) is 5.82 Å². The molecule has 0 aliphatic carbocycles. The summed E-state index contributed by atoms with van der Waals surface area (Å²) in [5.74, 6) is -1.11. The number of halogens is 1. The van der Waals surface area contributed by atoms with Crippen LogP contribution in [-0.2, 0) is 14.8 Å². The minimum Gasteiger partial charge on any atom is -0.369 e. The second-order valence-corrected chi connectivity index (χ2v) is 10.4. The Bertz CT molecular complexity index is 1040. The minimum absolute atomic E-state index is 0.0412. The van der Waals surface area contributed by atoms with Gasteiger partial charge in [0.2, 0.25) is 15.9 Å². The predicted octanol–water partition coefficient (Wildman–Crippen LogP) is 2.62. The van der Waals surface area contributed by atoms with Crippen molar-refractivity contribution in [3.8, 4) is 0 Å². The van der Waals surface area contributed by atoms with Gasteiger partial charge in [-0.2, -0.15) is 4.31 Å². The lowest BCUT2D eigenvalue weighted by molar-refractivity contribution is -0.120. The Morgan fingerprint density at radius 2 is 1.62 bits per heavy atom. The van der Waals surface area contributed by atoms with E-state index >= 15 is 0 Å². The zero-order chi connectivity index (χ0) is 22.7. The van der Waals surface area contributed by atoms with E-state index in [9.17, 15) is 17.6 Å². The van der Waals surface area contributed by atoms with E-state index in [0.29, 0.717) is 25.1 Å². The lowest BCUT2D eigenvalue weighted by atomic mass is 9.98. The van der Waals surface area contributed by atoms with Gasteiger partial charge in [-0.25, -0.2) is 12.8 Å². The fourth-order valence-electron chi connectivity index (χ4n) is 4.19. The number of piperazine rings is 1. The highest BCUT2D eigenvalue weighted by Gasteiger charge is 2.33. The number of rotatable bonds is 5. The van der Waals surface area contributed by atoms with Crippen molar-refractivity contribution in [1.82, 2.24) is 9.21 Å². The minimum atomic E-state index is -3.76. The van der Waals surface area contributed by atoms with E-state index in [4.69, 9.17) is 0 Å². The van der Waals surface area contributed by atoms with Crippen LogP contribution >= 0.6 is 0 Å². The van der Waals surface area contributed by atoms with Gasteiger partial charge in [0.05, 0.1) is 10.8 Å². The summed E-state index contributed by atoms with van der Waals surface area (Å²) in [6.07, 6.45) is 1.22. The molecule has 2 saturated heterocycles. The number of nitrogens with one attached hydrogen (secondary N) is 1. The van der Waals surface area contributed by atoms with Crippen molar-refractivity contribution in [2.24, 2.45) is 5.92 Å². The van der Waals surface area contributed by atoms with Gasteiger partial charge in [0.25, 0.3) is 0 Å². The monoisotopic (exact) mass is 460 g/mol. The quantitative estimate of drug-likeness (QED) is 0.743. The lowest BCUT2D eigenvalue weighted by Gasteiger charge is -2.34. The molecule has 172 valence electrons. The number of hydrogen-bond donors (Lipinski definition) is 1. The maximum absolute atomic E-state index is 13.2. The highest BCUT2D eigenvalue weighted by Crippen LogP contribution is 2.26. The molecule has 2 aliphatic rings. The molecule has 1 amide bonds. The number of carbonyl (C=O) groups is 1.